The van der Waals surface area contributed by atoms with Crippen LogP contribution in [0.4, 0.5) is 0 Å². The molecule has 0 aromatic heterocycles. The van der Waals surface area contributed by atoms with Crippen molar-refractivity contribution in [1.29, 1.82) is 0 Å². The van der Waals surface area contributed by atoms with Crippen molar-refractivity contribution in [3.05, 3.63) is 103 Å². The summed E-state index contributed by atoms with van der Waals surface area (Å²) in [5.41, 5.74) is 3.09. The van der Waals surface area contributed by atoms with E-state index in [0.717, 1.165) is 16.0 Å². The molecule has 0 aliphatic carbocycles. The van der Waals surface area contributed by atoms with Gasteiger partial charge < -0.3 is 4.74 Å². The van der Waals surface area contributed by atoms with Crippen LogP contribution in [0.15, 0.2) is 112 Å². The van der Waals surface area contributed by atoms with Crippen LogP contribution in [0, 0.1) is 0 Å². The van der Waals surface area contributed by atoms with Gasteiger partial charge in [0, 0.05) is 9.64 Å². The highest BCUT2D eigenvalue weighted by molar-refractivity contribution is 7.91. The van der Waals surface area contributed by atoms with E-state index in [4.69, 9.17) is 4.74 Å². The Balaban J connectivity index is 1.47. The first-order chi connectivity index (χ1) is 17.7. The molecule has 0 saturated carbocycles. The second-order valence-corrected chi connectivity index (χ2v) is 15.5. The topological polar surface area (TPSA) is 60.4 Å². The van der Waals surface area contributed by atoms with Gasteiger partial charge in [-0.05, 0) is 104 Å². The molecule has 0 radical (unpaired) electrons. The summed E-state index contributed by atoms with van der Waals surface area (Å²) in [7, 11) is -4.79. The van der Waals surface area contributed by atoms with Gasteiger partial charge in [0.2, 0.25) is 9.84 Å². The number of benzene rings is 4. The van der Waals surface area contributed by atoms with Crippen molar-refractivity contribution in [3.63, 3.8) is 0 Å². The summed E-state index contributed by atoms with van der Waals surface area (Å²) in [5.74, 6) is 1.26. The monoisotopic (exact) mass is 546 g/mol. The Hall–Kier alpha value is -3.22. The smallest absolute Gasteiger partial charge is 0.206 e. The van der Waals surface area contributed by atoms with Crippen LogP contribution < -0.4 is 4.74 Å². The van der Waals surface area contributed by atoms with Crippen LogP contribution in [0.3, 0.4) is 0 Å². The van der Waals surface area contributed by atoms with E-state index in [9.17, 15) is 12.6 Å². The SMILES string of the molecule is CC(C)(C)c1ccc(Oc2ccc(S(=O)(=O)c3ccc(-c4ccc(S(=O)C(C)(C)C)cc4)cc3)cc2)cc1. The summed E-state index contributed by atoms with van der Waals surface area (Å²) >= 11 is 0. The predicted molar refractivity (Wildman–Crippen MR) is 155 cm³/mol. The average Bonchev–Trinajstić information content (AvgIpc) is 2.88. The highest BCUT2D eigenvalue weighted by atomic mass is 32.2. The highest BCUT2D eigenvalue weighted by Crippen LogP contribution is 2.30. The number of rotatable bonds is 6. The third-order valence-corrected chi connectivity index (χ3v) is 9.81. The number of sulfone groups is 1. The lowest BCUT2D eigenvalue weighted by atomic mass is 9.87. The molecule has 38 heavy (non-hydrogen) atoms. The first kappa shape index (κ1) is 27.8. The maximum atomic E-state index is 13.2. The van der Waals surface area contributed by atoms with Gasteiger partial charge in [-0.25, -0.2) is 8.42 Å². The molecule has 0 heterocycles. The fourth-order valence-corrected chi connectivity index (χ4v) is 6.28. The minimum Gasteiger partial charge on any atom is -0.457 e. The Kier molecular flexibility index (Phi) is 7.69. The van der Waals surface area contributed by atoms with Crippen LogP contribution in [0.5, 0.6) is 11.5 Å². The quantitative estimate of drug-likeness (QED) is 0.245. The van der Waals surface area contributed by atoms with E-state index in [1.54, 1.807) is 48.5 Å². The molecular formula is C32H34O4S2. The molecule has 0 aliphatic heterocycles. The predicted octanol–water partition coefficient (Wildman–Crippen LogP) is 8.18. The van der Waals surface area contributed by atoms with E-state index in [0.29, 0.717) is 11.5 Å². The molecule has 0 spiro atoms. The summed E-state index contributed by atoms with van der Waals surface area (Å²) < 4.78 is 44.6. The normalized spacial score (nSPS) is 13.2. The Morgan fingerprint density at radius 2 is 0.974 bits per heavy atom. The molecule has 4 aromatic carbocycles. The molecule has 0 aliphatic rings. The van der Waals surface area contributed by atoms with Gasteiger partial charge in [-0.3, -0.25) is 4.21 Å². The molecular weight excluding hydrogens is 512 g/mol. The second kappa shape index (κ2) is 10.5. The van der Waals surface area contributed by atoms with Gasteiger partial charge >= 0.3 is 0 Å². The van der Waals surface area contributed by atoms with Crippen LogP contribution in [-0.4, -0.2) is 17.4 Å². The van der Waals surface area contributed by atoms with Gasteiger partial charge in [-0.1, -0.05) is 57.2 Å². The standard InChI is InChI=1S/C32H34O4S2/c1-31(2,3)25-11-13-26(14-12-25)36-27-15-21-30(22-16-27)38(34,35)29-19-9-24(10-20-29)23-7-17-28(18-8-23)37(33)32(4,5)6/h7-22H,1-6H3. The van der Waals surface area contributed by atoms with Crippen LogP contribution >= 0.6 is 0 Å². The minimum absolute atomic E-state index is 0.0605. The number of hydrogen-bond acceptors (Lipinski definition) is 4. The molecule has 4 rings (SSSR count). The van der Waals surface area contributed by atoms with Crippen LogP contribution in [-0.2, 0) is 26.1 Å². The van der Waals surface area contributed by atoms with E-state index in [1.165, 1.54) is 5.56 Å². The second-order valence-electron chi connectivity index (χ2n) is 11.3. The lowest BCUT2D eigenvalue weighted by Gasteiger charge is -2.19. The summed E-state index contributed by atoms with van der Waals surface area (Å²) in [6.45, 7) is 12.3. The Bertz CT molecular complexity index is 1520. The zero-order valence-electron chi connectivity index (χ0n) is 22.7. The zero-order chi connectivity index (χ0) is 27.7. The fourth-order valence-electron chi connectivity index (χ4n) is 3.93. The van der Waals surface area contributed by atoms with Crippen LogP contribution in [0.2, 0.25) is 0 Å². The van der Waals surface area contributed by atoms with E-state index in [1.807, 2.05) is 69.3 Å². The molecule has 0 saturated heterocycles. The lowest BCUT2D eigenvalue weighted by Crippen LogP contribution is -2.21. The van der Waals surface area contributed by atoms with Gasteiger partial charge in [0.25, 0.3) is 0 Å². The van der Waals surface area contributed by atoms with Crippen LogP contribution in [0.1, 0.15) is 47.1 Å². The molecule has 0 bridgehead atoms. The Morgan fingerprint density at radius 3 is 1.39 bits per heavy atom. The first-order valence-corrected chi connectivity index (χ1v) is 15.1. The zero-order valence-corrected chi connectivity index (χ0v) is 24.3. The van der Waals surface area contributed by atoms with Gasteiger partial charge in [-0.2, -0.15) is 0 Å². The molecule has 4 nitrogen and oxygen atoms in total. The summed E-state index contributed by atoms with van der Waals surface area (Å²) in [6, 6.07) is 28.8. The maximum absolute atomic E-state index is 13.2. The first-order valence-electron chi connectivity index (χ1n) is 12.5. The van der Waals surface area contributed by atoms with Gasteiger partial charge in [0.15, 0.2) is 0 Å². The number of ether oxygens (including phenoxy) is 1. The van der Waals surface area contributed by atoms with Crippen molar-refractivity contribution in [3.8, 4) is 22.6 Å². The van der Waals surface area contributed by atoms with E-state index in [-0.39, 0.29) is 20.0 Å². The van der Waals surface area contributed by atoms with E-state index in [2.05, 4.69) is 20.8 Å². The van der Waals surface area contributed by atoms with Crippen molar-refractivity contribution < 1.29 is 17.4 Å². The molecule has 1 unspecified atom stereocenters. The summed E-state index contributed by atoms with van der Waals surface area (Å²) in [5, 5.41) is 0. The van der Waals surface area contributed by atoms with Gasteiger partial charge in [0.05, 0.1) is 20.6 Å². The van der Waals surface area contributed by atoms with Crippen molar-refractivity contribution in [2.45, 2.75) is 66.4 Å². The van der Waals surface area contributed by atoms with E-state index < -0.39 is 20.6 Å². The third-order valence-electron chi connectivity index (χ3n) is 6.21. The average molecular weight is 547 g/mol. The fraction of sp³-hybridized carbons (Fsp3) is 0.250. The van der Waals surface area contributed by atoms with Crippen molar-refractivity contribution in [2.75, 3.05) is 0 Å². The summed E-state index contributed by atoms with van der Waals surface area (Å²) in [6.07, 6.45) is 0. The van der Waals surface area contributed by atoms with Gasteiger partial charge in [-0.15, -0.1) is 0 Å². The Morgan fingerprint density at radius 1 is 0.579 bits per heavy atom. The summed E-state index contributed by atoms with van der Waals surface area (Å²) in [4.78, 5) is 1.20. The molecule has 0 amide bonds. The maximum Gasteiger partial charge on any atom is 0.206 e. The van der Waals surface area contributed by atoms with E-state index >= 15 is 0 Å². The molecule has 0 N–H and O–H groups in total. The third kappa shape index (κ3) is 6.25. The Labute approximate surface area is 229 Å². The van der Waals surface area contributed by atoms with Gasteiger partial charge in [0.1, 0.15) is 11.5 Å². The molecule has 4 aromatic rings. The lowest BCUT2D eigenvalue weighted by molar-refractivity contribution is 0.481. The molecule has 1 atom stereocenters. The molecule has 6 heteroatoms. The molecule has 0 fully saturated rings. The van der Waals surface area contributed by atoms with Crippen molar-refractivity contribution >= 4 is 20.6 Å². The highest BCUT2D eigenvalue weighted by Gasteiger charge is 2.21. The van der Waals surface area contributed by atoms with Crippen molar-refractivity contribution in [1.82, 2.24) is 0 Å². The number of hydrogen-bond donors (Lipinski definition) is 0. The van der Waals surface area contributed by atoms with Crippen molar-refractivity contribution in [2.24, 2.45) is 0 Å². The molecule has 198 valence electrons. The minimum atomic E-state index is -3.68. The van der Waals surface area contributed by atoms with Crippen LogP contribution in [0.25, 0.3) is 11.1 Å². The largest absolute Gasteiger partial charge is 0.457 e.